The third kappa shape index (κ3) is 6.91. The standard InChI is InChI=1S/C25H30F3N5O4S/c26-25(27,28)19-7-5-17(6-8-19)13-23(32-38(36,37)33-11-9-29-10-12-33)24(35)31-20(16-34)14-18-15-30-22-4-2-1-3-21(18)22/h1-8,15,20,23,29-30,32,34H,9-14,16H2,(H,31,35). The van der Waals surface area contributed by atoms with E-state index in [0.717, 1.165) is 28.6 Å². The minimum Gasteiger partial charge on any atom is -0.394 e. The van der Waals surface area contributed by atoms with Gasteiger partial charge in [0.1, 0.15) is 6.04 Å². The number of carbonyl (C=O) groups is 1. The number of piperazine rings is 1. The second kappa shape index (κ2) is 11.8. The Hall–Kier alpha value is -2.97. The molecule has 1 aromatic heterocycles. The fourth-order valence-corrected chi connectivity index (χ4v) is 5.78. The van der Waals surface area contributed by atoms with E-state index in [1.54, 1.807) is 6.20 Å². The molecule has 9 nitrogen and oxygen atoms in total. The zero-order chi connectivity index (χ0) is 27.3. The van der Waals surface area contributed by atoms with Gasteiger partial charge in [-0.3, -0.25) is 4.79 Å². The van der Waals surface area contributed by atoms with Crippen LogP contribution in [0.2, 0.25) is 0 Å². The smallest absolute Gasteiger partial charge is 0.394 e. The largest absolute Gasteiger partial charge is 0.416 e. The van der Waals surface area contributed by atoms with E-state index in [0.29, 0.717) is 18.7 Å². The summed E-state index contributed by atoms with van der Waals surface area (Å²) in [6, 6.07) is 9.74. The van der Waals surface area contributed by atoms with Crippen molar-refractivity contribution in [3.8, 4) is 0 Å². The van der Waals surface area contributed by atoms with E-state index in [-0.39, 0.29) is 25.9 Å². The minimum absolute atomic E-state index is 0.180. The predicted octanol–water partition coefficient (Wildman–Crippen LogP) is 1.56. The molecule has 5 N–H and O–H groups in total. The lowest BCUT2D eigenvalue weighted by atomic mass is 10.0. The summed E-state index contributed by atoms with van der Waals surface area (Å²) in [7, 11) is -4.07. The van der Waals surface area contributed by atoms with Gasteiger partial charge in [0.15, 0.2) is 0 Å². The monoisotopic (exact) mass is 553 g/mol. The van der Waals surface area contributed by atoms with Gasteiger partial charge in [0.05, 0.1) is 18.2 Å². The number of benzene rings is 2. The third-order valence-electron chi connectivity index (χ3n) is 6.45. The molecule has 2 unspecified atom stereocenters. The molecular formula is C25H30F3N5O4S. The van der Waals surface area contributed by atoms with Crippen LogP contribution in [0.3, 0.4) is 0 Å². The Morgan fingerprint density at radius 2 is 1.74 bits per heavy atom. The van der Waals surface area contributed by atoms with Gasteiger partial charge in [0, 0.05) is 43.3 Å². The van der Waals surface area contributed by atoms with Crippen molar-refractivity contribution >= 4 is 27.0 Å². The molecule has 1 aliphatic heterocycles. The van der Waals surface area contributed by atoms with E-state index < -0.39 is 46.5 Å². The van der Waals surface area contributed by atoms with E-state index >= 15 is 0 Å². The number of hydrogen-bond acceptors (Lipinski definition) is 5. The normalized spacial score (nSPS) is 16.8. The summed E-state index contributed by atoms with van der Waals surface area (Å²) >= 11 is 0. The number of aliphatic hydroxyl groups is 1. The molecule has 2 aromatic carbocycles. The highest BCUT2D eigenvalue weighted by Crippen LogP contribution is 2.29. The second-order valence-corrected chi connectivity index (χ2v) is 10.9. The lowest BCUT2D eigenvalue weighted by Crippen LogP contribution is -2.57. The summed E-state index contributed by atoms with van der Waals surface area (Å²) in [6.07, 6.45) is -2.63. The van der Waals surface area contributed by atoms with Crippen LogP contribution in [0.1, 0.15) is 16.7 Å². The molecule has 0 saturated carbocycles. The number of carbonyl (C=O) groups excluding carboxylic acids is 1. The average molecular weight is 554 g/mol. The van der Waals surface area contributed by atoms with Crippen molar-refractivity contribution in [1.82, 2.24) is 24.6 Å². The highest BCUT2D eigenvalue weighted by atomic mass is 32.2. The van der Waals surface area contributed by atoms with E-state index in [1.165, 1.54) is 16.4 Å². The van der Waals surface area contributed by atoms with Gasteiger partial charge in [0.2, 0.25) is 5.91 Å². The number of aromatic nitrogens is 1. The van der Waals surface area contributed by atoms with Crippen LogP contribution in [0.4, 0.5) is 13.2 Å². The number of nitrogens with one attached hydrogen (secondary N) is 4. The highest BCUT2D eigenvalue weighted by Gasteiger charge is 2.32. The number of fused-ring (bicyclic) bond motifs is 1. The maximum atomic E-state index is 13.3. The summed E-state index contributed by atoms with van der Waals surface area (Å²) in [5.41, 5.74) is 1.26. The first-order chi connectivity index (χ1) is 18.1. The van der Waals surface area contributed by atoms with Crippen LogP contribution >= 0.6 is 0 Å². The van der Waals surface area contributed by atoms with Crippen molar-refractivity contribution in [2.45, 2.75) is 31.1 Å². The maximum absolute atomic E-state index is 13.3. The summed E-state index contributed by atoms with van der Waals surface area (Å²) in [4.78, 5) is 16.5. The number of rotatable bonds is 10. The average Bonchev–Trinajstić information content (AvgIpc) is 3.30. The Kier molecular flexibility index (Phi) is 8.73. The number of amides is 1. The Balaban J connectivity index is 1.53. The van der Waals surface area contributed by atoms with Gasteiger partial charge >= 0.3 is 6.18 Å². The van der Waals surface area contributed by atoms with E-state index in [2.05, 4.69) is 20.3 Å². The van der Waals surface area contributed by atoms with Crippen LogP contribution in [0, 0.1) is 0 Å². The number of hydrogen-bond donors (Lipinski definition) is 5. The predicted molar refractivity (Wildman–Crippen MR) is 136 cm³/mol. The zero-order valence-electron chi connectivity index (χ0n) is 20.5. The first-order valence-electron chi connectivity index (χ1n) is 12.2. The number of alkyl halides is 3. The van der Waals surface area contributed by atoms with Crippen molar-refractivity contribution in [3.63, 3.8) is 0 Å². The number of halogens is 3. The fourth-order valence-electron chi connectivity index (χ4n) is 4.42. The number of H-pyrrole nitrogens is 1. The van der Waals surface area contributed by atoms with Gasteiger partial charge in [-0.05, 0) is 42.2 Å². The molecule has 206 valence electrons. The summed E-state index contributed by atoms with van der Waals surface area (Å²) in [5.74, 6) is -0.692. The van der Waals surface area contributed by atoms with Crippen LogP contribution in [0.5, 0.6) is 0 Å². The van der Waals surface area contributed by atoms with Crippen molar-refractivity contribution in [1.29, 1.82) is 0 Å². The van der Waals surface area contributed by atoms with Crippen LogP contribution in [0.25, 0.3) is 10.9 Å². The molecule has 0 spiro atoms. The third-order valence-corrected chi connectivity index (χ3v) is 8.08. The molecule has 1 aliphatic rings. The SMILES string of the molecule is O=C(NC(CO)Cc1c[nH]c2ccccc12)C(Cc1ccc(C(F)(F)F)cc1)NS(=O)(=O)N1CCNCC1. The molecule has 13 heteroatoms. The molecule has 4 rings (SSSR count). The van der Waals surface area contributed by atoms with Crippen molar-refractivity contribution < 1.29 is 31.5 Å². The first kappa shape index (κ1) is 28.0. The van der Waals surface area contributed by atoms with Gasteiger partial charge < -0.3 is 20.7 Å². The number of nitrogens with zero attached hydrogens (tertiary/aromatic N) is 1. The number of para-hydroxylation sites is 1. The Bertz CT molecular complexity index is 1340. The van der Waals surface area contributed by atoms with Crippen LogP contribution in [-0.2, 0) is 34.0 Å². The van der Waals surface area contributed by atoms with Crippen molar-refractivity contribution in [2.75, 3.05) is 32.8 Å². The van der Waals surface area contributed by atoms with Crippen LogP contribution < -0.4 is 15.4 Å². The van der Waals surface area contributed by atoms with Crippen molar-refractivity contribution in [2.24, 2.45) is 0 Å². The van der Waals surface area contributed by atoms with Crippen molar-refractivity contribution in [3.05, 3.63) is 71.4 Å². The molecule has 1 saturated heterocycles. The van der Waals surface area contributed by atoms with Gasteiger partial charge in [0.25, 0.3) is 10.2 Å². The van der Waals surface area contributed by atoms with Gasteiger partial charge in [-0.1, -0.05) is 30.3 Å². The summed E-state index contributed by atoms with van der Waals surface area (Å²) in [5, 5.41) is 16.7. The topological polar surface area (TPSA) is 127 Å². The first-order valence-corrected chi connectivity index (χ1v) is 13.6. The molecule has 0 aliphatic carbocycles. The molecule has 0 radical (unpaired) electrons. The molecular weight excluding hydrogens is 523 g/mol. The molecule has 1 amide bonds. The minimum atomic E-state index is -4.52. The second-order valence-electron chi connectivity index (χ2n) is 9.18. The van der Waals surface area contributed by atoms with Crippen LogP contribution in [-0.4, -0.2) is 73.6 Å². The molecule has 38 heavy (non-hydrogen) atoms. The molecule has 2 heterocycles. The fraction of sp³-hybridized carbons (Fsp3) is 0.400. The number of aliphatic hydroxyl groups excluding tert-OH is 1. The van der Waals surface area contributed by atoms with E-state index in [4.69, 9.17) is 0 Å². The van der Waals surface area contributed by atoms with Gasteiger partial charge in [-0.2, -0.15) is 30.6 Å². The maximum Gasteiger partial charge on any atom is 0.416 e. The zero-order valence-corrected chi connectivity index (χ0v) is 21.3. The Labute approximate surface area is 218 Å². The van der Waals surface area contributed by atoms with E-state index in [9.17, 15) is 31.5 Å². The molecule has 1 fully saturated rings. The van der Waals surface area contributed by atoms with E-state index in [1.807, 2.05) is 24.3 Å². The summed E-state index contributed by atoms with van der Waals surface area (Å²) in [6.45, 7) is 0.929. The molecule has 2 atom stereocenters. The van der Waals surface area contributed by atoms with Gasteiger partial charge in [-0.25, -0.2) is 0 Å². The lowest BCUT2D eigenvalue weighted by molar-refractivity contribution is -0.137. The lowest BCUT2D eigenvalue weighted by Gasteiger charge is -2.29. The van der Waals surface area contributed by atoms with Crippen LogP contribution in [0.15, 0.2) is 54.7 Å². The Morgan fingerprint density at radius 1 is 1.05 bits per heavy atom. The highest BCUT2D eigenvalue weighted by molar-refractivity contribution is 7.87. The molecule has 3 aromatic rings. The summed E-state index contributed by atoms with van der Waals surface area (Å²) < 4.78 is 68.7. The Morgan fingerprint density at radius 3 is 2.39 bits per heavy atom. The molecule has 0 bridgehead atoms. The van der Waals surface area contributed by atoms with Gasteiger partial charge in [-0.15, -0.1) is 0 Å². The quantitative estimate of drug-likeness (QED) is 0.261. The number of aromatic amines is 1.